The number of rotatable bonds is 8. The molecular formula is C27H32ClN6O3+. The summed E-state index contributed by atoms with van der Waals surface area (Å²) >= 11 is 6.49. The molecule has 194 valence electrons. The maximum Gasteiger partial charge on any atom is 0.325 e. The van der Waals surface area contributed by atoms with E-state index in [9.17, 15) is 9.59 Å². The van der Waals surface area contributed by atoms with Crippen LogP contribution in [0.25, 0.3) is 0 Å². The highest BCUT2D eigenvalue weighted by Gasteiger charge is 2.48. The molecule has 1 aliphatic heterocycles. The van der Waals surface area contributed by atoms with Crippen LogP contribution in [0.1, 0.15) is 32.6 Å². The second-order valence-electron chi connectivity index (χ2n) is 9.75. The molecule has 0 saturated heterocycles. The van der Waals surface area contributed by atoms with Gasteiger partial charge in [-0.15, -0.1) is 0 Å². The van der Waals surface area contributed by atoms with Crippen molar-refractivity contribution in [2.24, 2.45) is 23.5 Å². The van der Waals surface area contributed by atoms with Gasteiger partial charge in [0, 0.05) is 24.6 Å². The molecule has 5 atom stereocenters. The fourth-order valence-electron chi connectivity index (χ4n) is 6.08. The van der Waals surface area contributed by atoms with Gasteiger partial charge in [0.25, 0.3) is 5.82 Å². The first-order chi connectivity index (χ1) is 17.9. The van der Waals surface area contributed by atoms with Crippen molar-refractivity contribution >= 4 is 40.9 Å². The Bertz CT molecular complexity index is 1270. The molecule has 1 aromatic carbocycles. The van der Waals surface area contributed by atoms with Gasteiger partial charge < -0.3 is 15.8 Å². The lowest BCUT2D eigenvalue weighted by Gasteiger charge is -2.35. The maximum atomic E-state index is 13.7. The van der Waals surface area contributed by atoms with E-state index in [-0.39, 0.29) is 46.0 Å². The zero-order valence-corrected chi connectivity index (χ0v) is 21.7. The van der Waals surface area contributed by atoms with E-state index in [1.54, 1.807) is 7.11 Å². The first-order valence-corrected chi connectivity index (χ1v) is 13.0. The summed E-state index contributed by atoms with van der Waals surface area (Å²) in [6, 6.07) is 9.47. The number of carbonyl (C=O) groups excluding carboxylic acids is 2. The summed E-state index contributed by atoms with van der Waals surface area (Å²) in [5, 5.41) is 7.03. The van der Waals surface area contributed by atoms with Gasteiger partial charge in [-0.3, -0.25) is 10.1 Å². The van der Waals surface area contributed by atoms with Gasteiger partial charge in [0.1, 0.15) is 10.7 Å². The summed E-state index contributed by atoms with van der Waals surface area (Å²) in [5.41, 5.74) is 6.57. The minimum Gasteiger partial charge on any atom is -0.493 e. The lowest BCUT2D eigenvalue weighted by molar-refractivity contribution is -0.128. The number of allylic oxidation sites excluding steroid dienone is 2. The Morgan fingerprint density at radius 2 is 1.97 bits per heavy atom. The van der Waals surface area contributed by atoms with Gasteiger partial charge in [-0.2, -0.15) is 9.47 Å². The highest BCUT2D eigenvalue weighted by atomic mass is 35.5. The number of anilines is 2. The van der Waals surface area contributed by atoms with Crippen LogP contribution in [0, 0.1) is 17.8 Å². The molecule has 2 aliphatic carbocycles. The smallest absolute Gasteiger partial charge is 0.325 e. The number of primary amides is 1. The van der Waals surface area contributed by atoms with Gasteiger partial charge in [0.15, 0.2) is 11.6 Å². The van der Waals surface area contributed by atoms with E-state index in [0.29, 0.717) is 48.2 Å². The van der Waals surface area contributed by atoms with Crippen molar-refractivity contribution < 1.29 is 14.3 Å². The summed E-state index contributed by atoms with van der Waals surface area (Å²) in [7, 11) is 1.62. The predicted octanol–water partition coefficient (Wildman–Crippen LogP) is 4.18. The van der Waals surface area contributed by atoms with Crippen LogP contribution in [-0.2, 0) is 14.3 Å². The summed E-state index contributed by atoms with van der Waals surface area (Å²) < 4.78 is 5.77. The molecule has 1 aromatic heterocycles. The van der Waals surface area contributed by atoms with Crippen molar-refractivity contribution in [3.63, 3.8) is 0 Å². The Balaban J connectivity index is 1.52. The number of nitrogens with zero attached hydrogens (tertiary/aromatic N) is 3. The van der Waals surface area contributed by atoms with Crippen LogP contribution in [0.15, 0.2) is 60.3 Å². The number of ether oxygens (including phenoxy) is 1. The van der Waals surface area contributed by atoms with Crippen LogP contribution in [0.2, 0.25) is 5.02 Å². The fraction of sp³-hybridized carbons (Fsp3) is 0.407. The van der Waals surface area contributed by atoms with Crippen molar-refractivity contribution in [2.75, 3.05) is 24.3 Å². The third kappa shape index (κ3) is 4.36. The SMILES string of the molecule is CC[N+]1(c2ccccc2)C(=O)CCCC(OC)=C1Nc1ncc(Cl)c(N[C@H]2[C@@H](C(N)=O)[C@@H]3C=C[C@H]2C3)n1. The topological polar surface area (TPSA) is 119 Å². The summed E-state index contributed by atoms with van der Waals surface area (Å²) in [4.78, 5) is 35.0. The van der Waals surface area contributed by atoms with Gasteiger partial charge in [0.2, 0.25) is 11.9 Å². The van der Waals surface area contributed by atoms with Crippen LogP contribution in [0.4, 0.5) is 17.5 Å². The number of benzene rings is 1. The average molecular weight is 524 g/mol. The van der Waals surface area contributed by atoms with Crippen molar-refractivity contribution in [3.05, 3.63) is 65.3 Å². The number of fused-ring (bicyclic) bond motifs is 2. The van der Waals surface area contributed by atoms with Gasteiger partial charge in [0.05, 0.1) is 32.2 Å². The number of hydrogen-bond donors (Lipinski definition) is 3. The number of methoxy groups -OCH3 is 1. The van der Waals surface area contributed by atoms with E-state index in [4.69, 9.17) is 22.1 Å². The Kier molecular flexibility index (Phi) is 6.92. The Hall–Kier alpha value is -3.43. The molecular weight excluding hydrogens is 492 g/mol. The highest BCUT2D eigenvalue weighted by Crippen LogP contribution is 2.45. The summed E-state index contributed by atoms with van der Waals surface area (Å²) in [5.74, 6) is 1.64. The molecule has 5 rings (SSSR count). The quantitative estimate of drug-likeness (QED) is 0.350. The average Bonchev–Trinajstić information content (AvgIpc) is 3.48. The molecule has 2 bridgehead atoms. The standard InChI is InChI=1S/C27H31ClN6O3/c1-3-34(18-8-5-4-6-9-18)21(35)11-7-10-20(37-2)26(34)33-27-30-15-19(28)25(32-27)31-23-17-13-12-16(14-17)22(23)24(29)36/h4-6,8-9,12-13,15-17,22-23H,3,7,10-11,14H2,1-2H3,(H3-,29,30,31,32,33,36)/p+1/t16-,17+,22+,23-,34?/m1/s1. The van der Waals surface area contributed by atoms with E-state index in [1.165, 1.54) is 6.20 Å². The number of hydrogen-bond acceptors (Lipinski definition) is 7. The monoisotopic (exact) mass is 523 g/mol. The van der Waals surface area contributed by atoms with Crippen LogP contribution >= 0.6 is 11.6 Å². The number of amides is 2. The van der Waals surface area contributed by atoms with Crippen LogP contribution in [0.3, 0.4) is 0 Å². The number of carbonyl (C=O) groups is 2. The molecule has 1 saturated carbocycles. The van der Waals surface area contributed by atoms with Crippen LogP contribution in [-0.4, -0.2) is 41.5 Å². The minimum atomic E-state index is -0.336. The largest absolute Gasteiger partial charge is 0.493 e. The molecule has 4 N–H and O–H groups in total. The molecule has 37 heavy (non-hydrogen) atoms. The zero-order valence-electron chi connectivity index (χ0n) is 21.0. The van der Waals surface area contributed by atoms with Crippen molar-refractivity contribution in [2.45, 2.75) is 38.6 Å². The van der Waals surface area contributed by atoms with E-state index in [0.717, 1.165) is 12.1 Å². The first kappa shape index (κ1) is 25.2. The van der Waals surface area contributed by atoms with E-state index in [1.807, 2.05) is 37.3 Å². The third-order valence-corrected chi connectivity index (χ3v) is 8.13. The van der Waals surface area contributed by atoms with Crippen molar-refractivity contribution in [3.8, 4) is 0 Å². The molecule has 9 nitrogen and oxygen atoms in total. The molecule has 1 fully saturated rings. The number of quaternary nitrogens is 1. The second-order valence-corrected chi connectivity index (χ2v) is 10.2. The zero-order chi connectivity index (χ0) is 26.2. The first-order valence-electron chi connectivity index (χ1n) is 12.7. The molecule has 10 heteroatoms. The Morgan fingerprint density at radius 1 is 1.22 bits per heavy atom. The molecule has 1 unspecified atom stereocenters. The molecule has 2 amide bonds. The number of nitrogens with one attached hydrogen (secondary N) is 2. The Morgan fingerprint density at radius 3 is 2.68 bits per heavy atom. The number of aromatic nitrogens is 2. The van der Waals surface area contributed by atoms with E-state index < -0.39 is 0 Å². The van der Waals surface area contributed by atoms with Gasteiger partial charge in [-0.1, -0.05) is 42.0 Å². The van der Waals surface area contributed by atoms with Crippen LogP contribution in [0.5, 0.6) is 0 Å². The maximum absolute atomic E-state index is 13.7. The van der Waals surface area contributed by atoms with Gasteiger partial charge >= 0.3 is 5.91 Å². The second kappa shape index (κ2) is 10.1. The third-order valence-electron chi connectivity index (χ3n) is 7.85. The molecule has 2 heterocycles. The lowest BCUT2D eigenvalue weighted by atomic mass is 9.88. The number of para-hydroxylation sites is 1. The summed E-state index contributed by atoms with van der Waals surface area (Å²) in [6.07, 6.45) is 8.28. The molecule has 2 aromatic rings. The number of halogens is 1. The predicted molar refractivity (Wildman–Crippen MR) is 143 cm³/mol. The summed E-state index contributed by atoms with van der Waals surface area (Å²) in [6.45, 7) is 2.46. The fourth-order valence-corrected chi connectivity index (χ4v) is 6.23. The molecule has 3 aliphatic rings. The van der Waals surface area contributed by atoms with Gasteiger partial charge in [-0.25, -0.2) is 9.78 Å². The number of nitrogens with two attached hydrogens (primary N) is 1. The molecule has 0 radical (unpaired) electrons. The van der Waals surface area contributed by atoms with Crippen LogP contribution < -0.4 is 20.9 Å². The Labute approximate surface area is 221 Å². The van der Waals surface area contributed by atoms with Crippen molar-refractivity contribution in [1.82, 2.24) is 14.5 Å². The minimum absolute atomic E-state index is 0.0420. The highest BCUT2D eigenvalue weighted by molar-refractivity contribution is 6.32. The molecule has 0 spiro atoms. The van der Waals surface area contributed by atoms with E-state index >= 15 is 0 Å². The van der Waals surface area contributed by atoms with Crippen molar-refractivity contribution in [1.29, 1.82) is 0 Å². The lowest BCUT2D eigenvalue weighted by Crippen LogP contribution is -2.55. The normalized spacial score (nSPS) is 28.8. The van der Waals surface area contributed by atoms with E-state index in [2.05, 4.69) is 32.8 Å². The van der Waals surface area contributed by atoms with Gasteiger partial charge in [-0.05, 0) is 31.6 Å².